The fourth-order valence-corrected chi connectivity index (χ4v) is 5.18. The SMILES string of the molecule is Cc1nnc(N(C)C)c2nn(-c3ccccc3OC(CCN(C)Cc3ccccc3)Cc3ccccc3)c(C)c12. The molecule has 7 nitrogen and oxygen atoms in total. The summed E-state index contributed by atoms with van der Waals surface area (Å²) >= 11 is 0. The average molecular weight is 535 g/mol. The van der Waals surface area contributed by atoms with Crippen molar-refractivity contribution in [3.05, 3.63) is 107 Å². The number of benzene rings is 3. The van der Waals surface area contributed by atoms with Gasteiger partial charge in [-0.05, 0) is 50.6 Å². The second kappa shape index (κ2) is 12.3. The van der Waals surface area contributed by atoms with Crippen molar-refractivity contribution in [2.75, 3.05) is 32.6 Å². The van der Waals surface area contributed by atoms with Crippen LogP contribution in [0.25, 0.3) is 16.6 Å². The van der Waals surface area contributed by atoms with Gasteiger partial charge in [-0.2, -0.15) is 10.2 Å². The van der Waals surface area contributed by atoms with E-state index in [-0.39, 0.29) is 6.10 Å². The lowest BCUT2D eigenvalue weighted by atomic mass is 10.0. The minimum absolute atomic E-state index is 0.00513. The standard InChI is InChI=1S/C33H38N6O/c1-24-31-25(2)39(36-32(31)33(35-34-24)37(3)4)29-18-12-13-19-30(29)40-28(22-26-14-8-6-9-15-26)20-21-38(5)23-27-16-10-7-11-17-27/h6-19,28H,20-23H2,1-5H3. The Balaban J connectivity index is 1.44. The Hall–Kier alpha value is -4.23. The third kappa shape index (κ3) is 6.15. The van der Waals surface area contributed by atoms with Gasteiger partial charge in [0.15, 0.2) is 5.82 Å². The van der Waals surface area contributed by atoms with Crippen LogP contribution in [-0.4, -0.2) is 58.7 Å². The molecule has 0 saturated heterocycles. The van der Waals surface area contributed by atoms with E-state index in [0.717, 1.165) is 65.5 Å². The molecule has 0 bridgehead atoms. The number of ether oxygens (including phenoxy) is 1. The van der Waals surface area contributed by atoms with Crippen LogP contribution < -0.4 is 9.64 Å². The summed E-state index contributed by atoms with van der Waals surface area (Å²) in [6.07, 6.45) is 1.71. The third-order valence-electron chi connectivity index (χ3n) is 7.23. The number of hydrogen-bond donors (Lipinski definition) is 0. The molecule has 1 atom stereocenters. The lowest BCUT2D eigenvalue weighted by molar-refractivity contribution is 0.168. The summed E-state index contributed by atoms with van der Waals surface area (Å²) in [6.45, 7) is 5.89. The van der Waals surface area contributed by atoms with E-state index in [1.807, 2.05) is 48.8 Å². The van der Waals surface area contributed by atoms with Crippen LogP contribution in [0.3, 0.4) is 0 Å². The van der Waals surface area contributed by atoms with E-state index in [9.17, 15) is 0 Å². The molecule has 7 heteroatoms. The van der Waals surface area contributed by atoms with Gasteiger partial charge in [0.05, 0.1) is 16.8 Å². The van der Waals surface area contributed by atoms with Crippen LogP contribution in [-0.2, 0) is 13.0 Å². The Labute approximate surface area is 237 Å². The predicted molar refractivity (Wildman–Crippen MR) is 162 cm³/mol. The molecule has 40 heavy (non-hydrogen) atoms. The van der Waals surface area contributed by atoms with Gasteiger partial charge in [-0.3, -0.25) is 0 Å². The zero-order chi connectivity index (χ0) is 28.1. The van der Waals surface area contributed by atoms with Crippen LogP contribution in [0.15, 0.2) is 84.9 Å². The highest BCUT2D eigenvalue weighted by Crippen LogP contribution is 2.32. The Morgan fingerprint density at radius 2 is 1.45 bits per heavy atom. The first kappa shape index (κ1) is 27.3. The lowest BCUT2D eigenvalue weighted by Crippen LogP contribution is -2.28. The predicted octanol–water partition coefficient (Wildman–Crippen LogP) is 6.01. The molecule has 0 saturated carbocycles. The quantitative estimate of drug-likeness (QED) is 0.207. The number of hydrogen-bond acceptors (Lipinski definition) is 6. The van der Waals surface area contributed by atoms with E-state index in [2.05, 4.69) is 95.8 Å². The smallest absolute Gasteiger partial charge is 0.179 e. The number of nitrogens with zero attached hydrogens (tertiary/aromatic N) is 6. The largest absolute Gasteiger partial charge is 0.488 e. The summed E-state index contributed by atoms with van der Waals surface area (Å²) in [7, 11) is 6.10. The zero-order valence-corrected chi connectivity index (χ0v) is 24.1. The third-order valence-corrected chi connectivity index (χ3v) is 7.23. The van der Waals surface area contributed by atoms with E-state index in [0.29, 0.717) is 0 Å². The topological polar surface area (TPSA) is 59.3 Å². The van der Waals surface area contributed by atoms with Crippen molar-refractivity contribution in [3.8, 4) is 11.4 Å². The molecule has 0 radical (unpaired) electrons. The normalized spacial score (nSPS) is 12.2. The Morgan fingerprint density at radius 3 is 2.15 bits per heavy atom. The second-order valence-corrected chi connectivity index (χ2v) is 10.6. The first-order valence-corrected chi connectivity index (χ1v) is 13.8. The van der Waals surface area contributed by atoms with Crippen LogP contribution in [0.2, 0.25) is 0 Å². The van der Waals surface area contributed by atoms with E-state index in [1.54, 1.807) is 0 Å². The summed E-state index contributed by atoms with van der Waals surface area (Å²) in [6, 6.07) is 29.4. The van der Waals surface area contributed by atoms with Gasteiger partial charge in [-0.15, -0.1) is 5.10 Å². The van der Waals surface area contributed by atoms with Crippen molar-refractivity contribution in [2.45, 2.75) is 39.3 Å². The molecule has 206 valence electrons. The van der Waals surface area contributed by atoms with Crippen molar-refractivity contribution in [1.29, 1.82) is 0 Å². The molecule has 3 aromatic carbocycles. The van der Waals surface area contributed by atoms with Gasteiger partial charge < -0.3 is 14.5 Å². The molecule has 0 fully saturated rings. The number of aryl methyl sites for hydroxylation is 2. The molecule has 5 aromatic rings. The molecule has 5 rings (SSSR count). The number of aromatic nitrogens is 4. The summed E-state index contributed by atoms with van der Waals surface area (Å²) in [4.78, 5) is 4.31. The Morgan fingerprint density at radius 1 is 0.800 bits per heavy atom. The van der Waals surface area contributed by atoms with Crippen molar-refractivity contribution >= 4 is 16.7 Å². The molecule has 0 aliphatic rings. The molecule has 0 aliphatic heterocycles. The molecule has 0 amide bonds. The maximum Gasteiger partial charge on any atom is 0.179 e. The highest BCUT2D eigenvalue weighted by atomic mass is 16.5. The molecular formula is C33H38N6O. The van der Waals surface area contributed by atoms with Crippen molar-refractivity contribution < 1.29 is 4.74 Å². The van der Waals surface area contributed by atoms with E-state index < -0.39 is 0 Å². The number of fused-ring (bicyclic) bond motifs is 1. The minimum atomic E-state index is -0.00513. The molecule has 2 heterocycles. The molecule has 2 aromatic heterocycles. The van der Waals surface area contributed by atoms with Crippen LogP contribution in [0.1, 0.15) is 28.9 Å². The van der Waals surface area contributed by atoms with Crippen LogP contribution in [0, 0.1) is 13.8 Å². The fourth-order valence-electron chi connectivity index (χ4n) is 5.18. The number of anilines is 1. The lowest BCUT2D eigenvalue weighted by Gasteiger charge is -2.24. The summed E-state index contributed by atoms with van der Waals surface area (Å²) in [5.41, 5.74) is 6.22. The fraction of sp³-hybridized carbons (Fsp3) is 0.303. The van der Waals surface area contributed by atoms with Gasteiger partial charge in [-0.1, -0.05) is 72.8 Å². The van der Waals surface area contributed by atoms with Crippen LogP contribution in [0.5, 0.6) is 5.75 Å². The Kier molecular flexibility index (Phi) is 8.41. The molecular weight excluding hydrogens is 496 g/mol. The van der Waals surface area contributed by atoms with Crippen molar-refractivity contribution in [1.82, 2.24) is 24.9 Å². The average Bonchev–Trinajstić information content (AvgIpc) is 3.30. The summed E-state index contributed by atoms with van der Waals surface area (Å²) < 4.78 is 8.81. The van der Waals surface area contributed by atoms with E-state index in [1.165, 1.54) is 11.1 Å². The maximum absolute atomic E-state index is 6.83. The molecule has 1 unspecified atom stereocenters. The van der Waals surface area contributed by atoms with Gasteiger partial charge in [0, 0.05) is 33.6 Å². The second-order valence-electron chi connectivity index (χ2n) is 10.6. The summed E-state index contributed by atoms with van der Waals surface area (Å²) in [5, 5.41) is 14.9. The number of para-hydroxylation sites is 2. The van der Waals surface area contributed by atoms with Gasteiger partial charge in [0.2, 0.25) is 0 Å². The van der Waals surface area contributed by atoms with Crippen LogP contribution >= 0.6 is 0 Å². The molecule has 0 N–H and O–H groups in total. The van der Waals surface area contributed by atoms with Crippen LogP contribution in [0.4, 0.5) is 5.82 Å². The van der Waals surface area contributed by atoms with Crippen molar-refractivity contribution in [3.63, 3.8) is 0 Å². The van der Waals surface area contributed by atoms with Gasteiger partial charge in [0.1, 0.15) is 23.1 Å². The minimum Gasteiger partial charge on any atom is -0.488 e. The summed E-state index contributed by atoms with van der Waals surface area (Å²) in [5.74, 6) is 1.57. The number of rotatable bonds is 11. The van der Waals surface area contributed by atoms with Gasteiger partial charge in [-0.25, -0.2) is 4.68 Å². The van der Waals surface area contributed by atoms with Crippen molar-refractivity contribution in [2.24, 2.45) is 0 Å². The van der Waals surface area contributed by atoms with E-state index >= 15 is 0 Å². The molecule has 0 spiro atoms. The monoisotopic (exact) mass is 534 g/mol. The maximum atomic E-state index is 6.83. The molecule has 0 aliphatic carbocycles. The van der Waals surface area contributed by atoms with Gasteiger partial charge >= 0.3 is 0 Å². The van der Waals surface area contributed by atoms with Gasteiger partial charge in [0.25, 0.3) is 0 Å². The van der Waals surface area contributed by atoms with E-state index in [4.69, 9.17) is 9.84 Å². The Bertz CT molecular complexity index is 1550. The highest BCUT2D eigenvalue weighted by molar-refractivity contribution is 5.92. The first-order chi connectivity index (χ1) is 19.4. The zero-order valence-electron chi connectivity index (χ0n) is 24.1. The highest BCUT2D eigenvalue weighted by Gasteiger charge is 2.21. The first-order valence-electron chi connectivity index (χ1n) is 13.8.